The van der Waals surface area contributed by atoms with Gasteiger partial charge in [-0.1, -0.05) is 30.3 Å². The molecule has 1 aliphatic carbocycles. The number of benzene rings is 2. The van der Waals surface area contributed by atoms with Gasteiger partial charge in [0.25, 0.3) is 0 Å². The lowest BCUT2D eigenvalue weighted by molar-refractivity contribution is 0.354. The van der Waals surface area contributed by atoms with Gasteiger partial charge in [0.15, 0.2) is 11.5 Å². The van der Waals surface area contributed by atoms with Crippen molar-refractivity contribution in [3.63, 3.8) is 0 Å². The van der Waals surface area contributed by atoms with Gasteiger partial charge in [-0.15, -0.1) is 0 Å². The molecule has 0 aromatic heterocycles. The number of fused-ring (bicyclic) bond motifs is 1. The van der Waals surface area contributed by atoms with Crippen molar-refractivity contribution >= 4 is 16.1 Å². The molecule has 0 fully saturated rings. The molecule has 0 N–H and O–H groups in total. The van der Waals surface area contributed by atoms with E-state index in [-0.39, 0.29) is 0 Å². The Morgan fingerprint density at radius 1 is 1.00 bits per heavy atom. The third-order valence-corrected chi connectivity index (χ3v) is 7.13. The van der Waals surface area contributed by atoms with Crippen LogP contribution in [0.1, 0.15) is 29.5 Å². The normalized spacial score (nSPS) is 13.8. The van der Waals surface area contributed by atoms with Crippen molar-refractivity contribution in [2.24, 2.45) is 0 Å². The number of allylic oxidation sites excluding steroid dienone is 1. The summed E-state index contributed by atoms with van der Waals surface area (Å²) >= 11 is 0. The first-order valence-corrected chi connectivity index (χ1v) is 10.9. The molecule has 28 heavy (non-hydrogen) atoms. The van der Waals surface area contributed by atoms with E-state index in [1.165, 1.54) is 9.87 Å². The van der Waals surface area contributed by atoms with E-state index in [1.54, 1.807) is 21.3 Å². The van der Waals surface area contributed by atoms with Crippen LogP contribution in [0.2, 0.25) is 0 Å². The molecule has 2 aromatic carbocycles. The summed E-state index contributed by atoms with van der Waals surface area (Å²) in [5, 5.41) is 0. The van der Waals surface area contributed by atoms with E-state index in [2.05, 4.69) is 6.07 Å². The van der Waals surface area contributed by atoms with E-state index >= 15 is 0 Å². The van der Waals surface area contributed by atoms with E-state index < -0.39 is 10.0 Å². The van der Waals surface area contributed by atoms with Crippen LogP contribution in [-0.2, 0) is 22.9 Å². The fourth-order valence-corrected chi connectivity index (χ4v) is 4.88. The molecule has 0 spiro atoms. The molecule has 0 bridgehead atoms. The highest BCUT2D eigenvalue weighted by Crippen LogP contribution is 2.29. The minimum Gasteiger partial charge on any atom is -0.493 e. The molecule has 5 nitrogen and oxygen atoms in total. The molecule has 0 atom stereocenters. The molecule has 0 aliphatic heterocycles. The van der Waals surface area contributed by atoms with Gasteiger partial charge >= 0.3 is 0 Å². The highest BCUT2D eigenvalue weighted by Gasteiger charge is 2.25. The van der Waals surface area contributed by atoms with Crippen LogP contribution in [0.25, 0.3) is 6.08 Å². The summed E-state index contributed by atoms with van der Waals surface area (Å²) in [6.07, 6.45) is 4.64. The topological polar surface area (TPSA) is 55.8 Å². The minimum absolute atomic E-state index is 0.468. The van der Waals surface area contributed by atoms with Crippen molar-refractivity contribution in [1.82, 2.24) is 4.31 Å². The smallest absolute Gasteiger partial charge is 0.238 e. The Morgan fingerprint density at radius 3 is 2.50 bits per heavy atom. The SMILES string of the molecule is COc1ccc(CCCN(C)S(=O)(=O)C2=Cc3ccccc3CC2)cc1OC. The number of rotatable bonds is 8. The Bertz CT molecular complexity index is 966. The van der Waals surface area contributed by atoms with Crippen LogP contribution >= 0.6 is 0 Å². The third-order valence-electron chi connectivity index (χ3n) is 5.14. The van der Waals surface area contributed by atoms with Crippen molar-refractivity contribution in [2.75, 3.05) is 27.8 Å². The molecule has 0 radical (unpaired) electrons. The van der Waals surface area contributed by atoms with Crippen LogP contribution in [0.4, 0.5) is 0 Å². The van der Waals surface area contributed by atoms with Gasteiger partial charge < -0.3 is 9.47 Å². The Hall–Kier alpha value is -2.31. The Kier molecular flexibility index (Phi) is 6.42. The molecule has 6 heteroatoms. The van der Waals surface area contributed by atoms with Crippen LogP contribution in [0, 0.1) is 0 Å². The fourth-order valence-electron chi connectivity index (χ4n) is 3.47. The van der Waals surface area contributed by atoms with Gasteiger partial charge in [-0.2, -0.15) is 0 Å². The molecule has 2 aromatic rings. The van der Waals surface area contributed by atoms with Gasteiger partial charge in [0.2, 0.25) is 10.0 Å². The zero-order valence-corrected chi connectivity index (χ0v) is 17.5. The van der Waals surface area contributed by atoms with E-state index in [4.69, 9.17) is 9.47 Å². The van der Waals surface area contributed by atoms with Crippen molar-refractivity contribution in [3.05, 3.63) is 64.1 Å². The molecule has 150 valence electrons. The molecular formula is C22H27NO4S. The Balaban J connectivity index is 1.63. The zero-order chi connectivity index (χ0) is 20.1. The van der Waals surface area contributed by atoms with Crippen LogP contribution in [0.5, 0.6) is 11.5 Å². The largest absolute Gasteiger partial charge is 0.493 e. The second-order valence-electron chi connectivity index (χ2n) is 6.93. The van der Waals surface area contributed by atoms with Gasteiger partial charge in [0.05, 0.1) is 19.1 Å². The second kappa shape index (κ2) is 8.80. The summed E-state index contributed by atoms with van der Waals surface area (Å²) in [7, 11) is 1.44. The molecule has 1 aliphatic rings. The summed E-state index contributed by atoms with van der Waals surface area (Å²) in [6.45, 7) is 0.468. The average molecular weight is 402 g/mol. The molecule has 0 unspecified atom stereocenters. The number of sulfonamides is 1. The van der Waals surface area contributed by atoms with Gasteiger partial charge in [-0.3, -0.25) is 0 Å². The first-order valence-electron chi connectivity index (χ1n) is 9.41. The summed E-state index contributed by atoms with van der Waals surface area (Å²) < 4.78 is 37.9. The lowest BCUT2D eigenvalue weighted by Crippen LogP contribution is -2.30. The van der Waals surface area contributed by atoms with Crippen LogP contribution < -0.4 is 9.47 Å². The van der Waals surface area contributed by atoms with Crippen molar-refractivity contribution in [2.45, 2.75) is 25.7 Å². The van der Waals surface area contributed by atoms with Gasteiger partial charge in [0.1, 0.15) is 0 Å². The zero-order valence-electron chi connectivity index (χ0n) is 16.6. The molecule has 3 rings (SSSR count). The summed E-state index contributed by atoms with van der Waals surface area (Å²) in [6, 6.07) is 13.8. The monoisotopic (exact) mass is 401 g/mol. The van der Waals surface area contributed by atoms with Gasteiger partial charge in [0, 0.05) is 13.6 Å². The maximum atomic E-state index is 12.9. The highest BCUT2D eigenvalue weighted by molar-refractivity contribution is 7.93. The fraction of sp³-hybridized carbons (Fsp3) is 0.364. The van der Waals surface area contributed by atoms with E-state index in [9.17, 15) is 8.42 Å². The molecular weight excluding hydrogens is 374 g/mol. The van der Waals surface area contributed by atoms with Crippen molar-refractivity contribution in [1.29, 1.82) is 0 Å². The van der Waals surface area contributed by atoms with Crippen molar-refractivity contribution < 1.29 is 17.9 Å². The lowest BCUT2D eigenvalue weighted by atomic mass is 9.98. The number of nitrogens with zero attached hydrogens (tertiary/aromatic N) is 1. The predicted octanol–water partition coefficient (Wildman–Crippen LogP) is 3.89. The summed E-state index contributed by atoms with van der Waals surface area (Å²) in [5.41, 5.74) is 3.30. The minimum atomic E-state index is -3.43. The number of hydrogen-bond acceptors (Lipinski definition) is 4. The molecule has 0 heterocycles. The quantitative estimate of drug-likeness (QED) is 0.673. The van der Waals surface area contributed by atoms with E-state index in [1.807, 2.05) is 42.5 Å². The van der Waals surface area contributed by atoms with Crippen LogP contribution in [-0.4, -0.2) is 40.5 Å². The Morgan fingerprint density at radius 2 is 1.75 bits per heavy atom. The number of aryl methyl sites for hydroxylation is 2. The predicted molar refractivity (Wildman–Crippen MR) is 112 cm³/mol. The third kappa shape index (κ3) is 4.39. The second-order valence-corrected chi connectivity index (χ2v) is 9.03. The average Bonchev–Trinajstić information content (AvgIpc) is 2.73. The van der Waals surface area contributed by atoms with Gasteiger partial charge in [-0.25, -0.2) is 12.7 Å². The maximum Gasteiger partial charge on any atom is 0.238 e. The molecule has 0 saturated carbocycles. The van der Waals surface area contributed by atoms with Crippen LogP contribution in [0.3, 0.4) is 0 Å². The molecule has 0 amide bonds. The Labute approximate surface area is 167 Å². The maximum absolute atomic E-state index is 12.9. The lowest BCUT2D eigenvalue weighted by Gasteiger charge is -2.22. The van der Waals surface area contributed by atoms with E-state index in [0.29, 0.717) is 29.4 Å². The van der Waals surface area contributed by atoms with E-state index in [0.717, 1.165) is 30.4 Å². The first-order chi connectivity index (χ1) is 13.5. The number of hydrogen-bond donors (Lipinski definition) is 0. The van der Waals surface area contributed by atoms with Gasteiger partial charge in [-0.05, 0) is 60.6 Å². The number of ether oxygens (including phenoxy) is 2. The standard InChI is InChI=1S/C22H27NO4S/c1-23(14-6-7-17-10-13-21(26-2)22(15-17)27-3)28(24,25)20-12-11-18-8-4-5-9-19(18)16-20/h4-5,8-10,13,15-16H,6-7,11-12,14H2,1-3H3. The first kappa shape index (κ1) is 20.4. The molecule has 0 saturated heterocycles. The summed E-state index contributed by atoms with van der Waals surface area (Å²) in [4.78, 5) is 0.500. The highest BCUT2D eigenvalue weighted by atomic mass is 32.2. The van der Waals surface area contributed by atoms with Crippen molar-refractivity contribution in [3.8, 4) is 11.5 Å². The summed E-state index contributed by atoms with van der Waals surface area (Å²) in [5.74, 6) is 1.38. The number of methoxy groups -OCH3 is 2. The van der Waals surface area contributed by atoms with Crippen LogP contribution in [0.15, 0.2) is 47.4 Å².